The van der Waals surface area contributed by atoms with E-state index in [1.807, 2.05) is 30.0 Å². The van der Waals surface area contributed by atoms with Gasteiger partial charge < -0.3 is 19.5 Å². The van der Waals surface area contributed by atoms with E-state index in [1.54, 1.807) is 13.2 Å². The molecule has 5 heteroatoms. The van der Waals surface area contributed by atoms with Gasteiger partial charge in [0.05, 0.1) is 18.8 Å². The number of hydrogen-bond acceptors (Lipinski definition) is 4. The number of methoxy groups -OCH3 is 1. The number of ether oxygens (including phenoxy) is 2. The summed E-state index contributed by atoms with van der Waals surface area (Å²) in [5, 5.41) is 10.2. The van der Waals surface area contributed by atoms with Gasteiger partial charge in [-0.3, -0.25) is 4.79 Å². The molecule has 1 N–H and O–H groups in total. The van der Waals surface area contributed by atoms with E-state index in [9.17, 15) is 9.90 Å². The molecule has 126 valence electrons. The Balaban J connectivity index is 1.65. The van der Waals surface area contributed by atoms with Crippen LogP contribution in [0.3, 0.4) is 0 Å². The molecule has 5 nitrogen and oxygen atoms in total. The minimum absolute atomic E-state index is 0.0317. The highest BCUT2D eigenvalue weighted by Gasteiger charge is 2.56. The van der Waals surface area contributed by atoms with Gasteiger partial charge in [0.2, 0.25) is 0 Å². The largest absolute Gasteiger partial charge is 0.494 e. The second kappa shape index (κ2) is 6.49. The summed E-state index contributed by atoms with van der Waals surface area (Å²) in [5.41, 5.74) is 0.503. The lowest BCUT2D eigenvalue weighted by Gasteiger charge is -2.56. The van der Waals surface area contributed by atoms with Crippen molar-refractivity contribution in [3.63, 3.8) is 0 Å². The normalized spacial score (nSPS) is 26.0. The quantitative estimate of drug-likeness (QED) is 0.923. The second-order valence-corrected chi connectivity index (χ2v) is 6.46. The molecular formula is C18H25NO4. The van der Waals surface area contributed by atoms with Crippen LogP contribution in [0.4, 0.5) is 0 Å². The third-order valence-corrected chi connectivity index (χ3v) is 5.40. The molecular weight excluding hydrogens is 294 g/mol. The van der Waals surface area contributed by atoms with E-state index in [0.29, 0.717) is 31.7 Å². The average Bonchev–Trinajstić information content (AvgIpc) is 2.59. The molecule has 0 radical (unpaired) electrons. The number of carbonyl (C=O) groups excluding carboxylic acids is 1. The van der Waals surface area contributed by atoms with Crippen LogP contribution in [0.1, 0.15) is 36.5 Å². The van der Waals surface area contributed by atoms with Crippen molar-refractivity contribution in [1.29, 1.82) is 0 Å². The highest BCUT2D eigenvalue weighted by Crippen LogP contribution is 2.50. The van der Waals surface area contributed by atoms with E-state index >= 15 is 0 Å². The van der Waals surface area contributed by atoms with Gasteiger partial charge >= 0.3 is 0 Å². The predicted molar refractivity (Wildman–Crippen MR) is 86.6 cm³/mol. The van der Waals surface area contributed by atoms with Gasteiger partial charge in [0.15, 0.2) is 0 Å². The second-order valence-electron chi connectivity index (χ2n) is 6.46. The lowest BCUT2D eigenvalue weighted by molar-refractivity contribution is -0.199. The van der Waals surface area contributed by atoms with Crippen LogP contribution in [-0.4, -0.2) is 54.9 Å². The zero-order chi connectivity index (χ0) is 16.4. The van der Waals surface area contributed by atoms with Crippen molar-refractivity contribution in [2.75, 3.05) is 26.8 Å². The van der Waals surface area contributed by atoms with E-state index in [4.69, 9.17) is 9.47 Å². The Kier molecular flexibility index (Phi) is 4.60. The Hall–Kier alpha value is -1.59. The van der Waals surface area contributed by atoms with E-state index in [-0.39, 0.29) is 23.5 Å². The topological polar surface area (TPSA) is 59.0 Å². The lowest BCUT2D eigenvalue weighted by Crippen LogP contribution is -2.62. The summed E-state index contributed by atoms with van der Waals surface area (Å²) >= 11 is 0. The lowest BCUT2D eigenvalue weighted by atomic mass is 9.58. The van der Waals surface area contributed by atoms with Gasteiger partial charge in [-0.25, -0.2) is 0 Å². The van der Waals surface area contributed by atoms with E-state index in [0.717, 1.165) is 18.6 Å². The fraction of sp³-hybridized carbons (Fsp3) is 0.611. The summed E-state index contributed by atoms with van der Waals surface area (Å²) in [6.45, 7) is 3.83. The van der Waals surface area contributed by atoms with Gasteiger partial charge in [-0.05, 0) is 38.0 Å². The molecule has 0 aromatic heterocycles. The Morgan fingerprint density at radius 1 is 1.39 bits per heavy atom. The Morgan fingerprint density at radius 2 is 2.13 bits per heavy atom. The van der Waals surface area contributed by atoms with Crippen LogP contribution in [0.2, 0.25) is 0 Å². The fourth-order valence-corrected chi connectivity index (χ4v) is 3.91. The van der Waals surface area contributed by atoms with Crippen LogP contribution in [0.5, 0.6) is 5.75 Å². The van der Waals surface area contributed by atoms with Crippen molar-refractivity contribution in [3.8, 4) is 5.75 Å². The third-order valence-electron chi connectivity index (χ3n) is 5.40. The van der Waals surface area contributed by atoms with Crippen LogP contribution >= 0.6 is 0 Å². The molecule has 1 heterocycles. The summed E-state index contributed by atoms with van der Waals surface area (Å²) < 4.78 is 11.0. The van der Waals surface area contributed by atoms with Gasteiger partial charge in [-0.2, -0.15) is 0 Å². The highest BCUT2D eigenvalue weighted by molar-refractivity contribution is 5.94. The molecule has 3 rings (SSSR count). The first-order chi connectivity index (χ1) is 11.1. The van der Waals surface area contributed by atoms with Gasteiger partial charge in [0.1, 0.15) is 5.75 Å². The molecule has 1 spiro atoms. The average molecular weight is 319 g/mol. The van der Waals surface area contributed by atoms with E-state index in [2.05, 4.69) is 0 Å². The number of aliphatic hydroxyl groups is 1. The minimum Gasteiger partial charge on any atom is -0.494 e. The SMILES string of the molecule is CCOc1cccc(C(=O)N2CCC3(CC2)[C@H](O)C[C@@H]3OC)c1. The number of likely N-dealkylation sites (tertiary alicyclic amines) is 1. The summed E-state index contributed by atoms with van der Waals surface area (Å²) in [6, 6.07) is 7.33. The molecule has 2 atom stereocenters. The molecule has 0 unspecified atom stereocenters. The van der Waals surface area contributed by atoms with Crippen molar-refractivity contribution < 1.29 is 19.4 Å². The zero-order valence-electron chi connectivity index (χ0n) is 13.8. The van der Waals surface area contributed by atoms with Crippen LogP contribution < -0.4 is 4.74 Å². The molecule has 1 saturated heterocycles. The number of aliphatic hydroxyl groups excluding tert-OH is 1. The van der Waals surface area contributed by atoms with Crippen molar-refractivity contribution in [3.05, 3.63) is 29.8 Å². The highest BCUT2D eigenvalue weighted by atomic mass is 16.5. The number of nitrogens with zero attached hydrogens (tertiary/aromatic N) is 1. The molecule has 23 heavy (non-hydrogen) atoms. The number of piperidine rings is 1. The maximum atomic E-state index is 12.7. The van der Waals surface area contributed by atoms with Crippen LogP contribution in [0.15, 0.2) is 24.3 Å². The number of benzene rings is 1. The predicted octanol–water partition coefficient (Wildman–Crippen LogP) is 2.09. The first-order valence-corrected chi connectivity index (χ1v) is 8.33. The van der Waals surface area contributed by atoms with Crippen molar-refractivity contribution in [2.24, 2.45) is 5.41 Å². The minimum atomic E-state index is -0.300. The Bertz CT molecular complexity index is 566. The van der Waals surface area contributed by atoms with Crippen molar-refractivity contribution in [2.45, 2.75) is 38.4 Å². The molecule has 1 aliphatic carbocycles. The van der Waals surface area contributed by atoms with Gasteiger partial charge in [0.25, 0.3) is 5.91 Å². The van der Waals surface area contributed by atoms with Gasteiger partial charge in [-0.1, -0.05) is 6.07 Å². The smallest absolute Gasteiger partial charge is 0.253 e. The molecule has 1 amide bonds. The molecule has 1 aromatic rings. The standard InChI is InChI=1S/C18H25NO4/c1-3-23-14-6-4-5-13(11-14)17(21)19-9-7-18(8-10-19)15(20)12-16(18)22-2/h4-6,11,15-16,20H,3,7-10,12H2,1-2H3/t15-,16+/m1/s1. The van der Waals surface area contributed by atoms with Crippen LogP contribution in [-0.2, 0) is 4.74 Å². The summed E-state index contributed by atoms with van der Waals surface area (Å²) in [4.78, 5) is 14.6. The van der Waals surface area contributed by atoms with Crippen LogP contribution in [0.25, 0.3) is 0 Å². The first kappa shape index (κ1) is 16.3. The number of hydrogen-bond donors (Lipinski definition) is 1. The summed E-state index contributed by atoms with van der Waals surface area (Å²) in [6.07, 6.45) is 2.12. The maximum absolute atomic E-state index is 12.7. The van der Waals surface area contributed by atoms with Gasteiger partial charge in [-0.15, -0.1) is 0 Å². The third kappa shape index (κ3) is 2.83. The van der Waals surface area contributed by atoms with Crippen molar-refractivity contribution >= 4 is 5.91 Å². The number of amides is 1. The molecule has 0 bridgehead atoms. The summed E-state index contributed by atoms with van der Waals surface area (Å²) in [7, 11) is 1.70. The molecule has 2 aliphatic rings. The molecule has 1 saturated carbocycles. The monoisotopic (exact) mass is 319 g/mol. The number of rotatable bonds is 4. The Morgan fingerprint density at radius 3 is 2.74 bits per heavy atom. The molecule has 1 aromatic carbocycles. The van der Waals surface area contributed by atoms with E-state index in [1.165, 1.54) is 0 Å². The number of carbonyl (C=O) groups is 1. The maximum Gasteiger partial charge on any atom is 0.253 e. The molecule has 2 fully saturated rings. The van der Waals surface area contributed by atoms with E-state index < -0.39 is 0 Å². The van der Waals surface area contributed by atoms with Crippen molar-refractivity contribution in [1.82, 2.24) is 4.90 Å². The van der Waals surface area contributed by atoms with Gasteiger partial charge in [0, 0.05) is 37.6 Å². The Labute approximate surface area is 137 Å². The summed E-state index contributed by atoms with van der Waals surface area (Å²) in [5.74, 6) is 0.755. The zero-order valence-corrected chi connectivity index (χ0v) is 13.8. The molecule has 1 aliphatic heterocycles. The first-order valence-electron chi connectivity index (χ1n) is 8.33. The van der Waals surface area contributed by atoms with Crippen LogP contribution in [0, 0.1) is 5.41 Å². The fourth-order valence-electron chi connectivity index (χ4n) is 3.91.